The Balaban J connectivity index is 2.53. The number of hydrogen-bond donors (Lipinski definition) is 1. The molecule has 0 bridgehead atoms. The van der Waals surface area contributed by atoms with Crippen LogP contribution in [0, 0.1) is 5.92 Å². The minimum absolute atomic E-state index is 0.134. The average molecular weight is 204 g/mol. The molecule has 2 heteroatoms. The fourth-order valence-electron chi connectivity index (χ4n) is 1.58. The molecule has 1 rings (SSSR count). The summed E-state index contributed by atoms with van der Waals surface area (Å²) in [5.74, 6) is -0.612. The van der Waals surface area contributed by atoms with E-state index >= 15 is 0 Å². The summed E-state index contributed by atoms with van der Waals surface area (Å²) in [6, 6.07) is 9.87. The van der Waals surface area contributed by atoms with Crippen LogP contribution in [0.4, 0.5) is 0 Å². The van der Waals surface area contributed by atoms with Crippen LogP contribution in [-0.4, -0.2) is 11.1 Å². The molecule has 0 amide bonds. The molecule has 15 heavy (non-hydrogen) atoms. The van der Waals surface area contributed by atoms with Crippen molar-refractivity contribution in [1.82, 2.24) is 0 Å². The molecule has 0 aliphatic rings. The summed E-state index contributed by atoms with van der Waals surface area (Å²) >= 11 is 0. The predicted molar refractivity (Wildman–Crippen MR) is 61.5 cm³/mol. The van der Waals surface area contributed by atoms with Gasteiger partial charge in [0, 0.05) is 6.42 Å². The third-order valence-electron chi connectivity index (χ3n) is 2.30. The van der Waals surface area contributed by atoms with Crippen LogP contribution in [0.5, 0.6) is 0 Å². The van der Waals surface area contributed by atoms with Gasteiger partial charge in [0.25, 0.3) is 0 Å². The van der Waals surface area contributed by atoms with Crippen LogP contribution in [-0.2, 0) is 4.79 Å². The lowest BCUT2D eigenvalue weighted by Gasteiger charge is -2.11. The SMILES string of the molecule is C=C(CC(C)CC(=O)O)c1ccccc1. The molecule has 0 fully saturated rings. The first kappa shape index (κ1) is 11.5. The van der Waals surface area contributed by atoms with Crippen molar-refractivity contribution in [2.75, 3.05) is 0 Å². The maximum Gasteiger partial charge on any atom is 0.303 e. The maximum atomic E-state index is 10.5. The van der Waals surface area contributed by atoms with E-state index in [9.17, 15) is 4.79 Å². The molecule has 1 N–H and O–H groups in total. The number of rotatable bonds is 5. The zero-order valence-electron chi connectivity index (χ0n) is 8.94. The molecule has 1 atom stereocenters. The van der Waals surface area contributed by atoms with Gasteiger partial charge in [0.2, 0.25) is 0 Å². The molecular weight excluding hydrogens is 188 g/mol. The van der Waals surface area contributed by atoms with E-state index in [1.54, 1.807) is 0 Å². The highest BCUT2D eigenvalue weighted by molar-refractivity contribution is 5.68. The second-order valence-corrected chi connectivity index (χ2v) is 3.88. The second kappa shape index (κ2) is 5.35. The molecule has 0 aliphatic carbocycles. The average Bonchev–Trinajstić information content (AvgIpc) is 2.17. The summed E-state index contributed by atoms with van der Waals surface area (Å²) in [7, 11) is 0. The van der Waals surface area contributed by atoms with Gasteiger partial charge in [-0.25, -0.2) is 0 Å². The van der Waals surface area contributed by atoms with Crippen molar-refractivity contribution in [3.8, 4) is 0 Å². The van der Waals surface area contributed by atoms with Crippen molar-refractivity contribution in [2.45, 2.75) is 19.8 Å². The highest BCUT2D eigenvalue weighted by atomic mass is 16.4. The highest BCUT2D eigenvalue weighted by Gasteiger charge is 2.09. The third kappa shape index (κ3) is 3.98. The summed E-state index contributed by atoms with van der Waals surface area (Å²) in [5, 5.41) is 8.64. The summed E-state index contributed by atoms with van der Waals surface area (Å²) in [6.07, 6.45) is 0.933. The van der Waals surface area contributed by atoms with Crippen LogP contribution in [0.3, 0.4) is 0 Å². The Labute approximate surface area is 90.3 Å². The van der Waals surface area contributed by atoms with E-state index in [0.717, 1.165) is 17.6 Å². The summed E-state index contributed by atoms with van der Waals surface area (Å²) in [6.45, 7) is 5.91. The lowest BCUT2D eigenvalue weighted by atomic mass is 9.94. The first-order chi connectivity index (χ1) is 7.09. The van der Waals surface area contributed by atoms with Gasteiger partial charge in [0.05, 0.1) is 0 Å². The predicted octanol–water partition coefficient (Wildman–Crippen LogP) is 3.20. The Morgan fingerprint density at radius 3 is 2.47 bits per heavy atom. The molecule has 1 aromatic rings. The van der Waals surface area contributed by atoms with Gasteiger partial charge in [-0.15, -0.1) is 0 Å². The zero-order valence-corrected chi connectivity index (χ0v) is 8.94. The van der Waals surface area contributed by atoms with E-state index in [4.69, 9.17) is 5.11 Å². The van der Waals surface area contributed by atoms with E-state index in [2.05, 4.69) is 6.58 Å². The van der Waals surface area contributed by atoms with Crippen molar-refractivity contribution < 1.29 is 9.90 Å². The quantitative estimate of drug-likeness (QED) is 0.799. The van der Waals surface area contributed by atoms with Gasteiger partial charge in [-0.1, -0.05) is 43.8 Å². The molecule has 1 aromatic carbocycles. The normalized spacial score (nSPS) is 12.1. The van der Waals surface area contributed by atoms with Gasteiger partial charge in [0.1, 0.15) is 0 Å². The van der Waals surface area contributed by atoms with E-state index in [0.29, 0.717) is 0 Å². The van der Waals surface area contributed by atoms with Gasteiger partial charge in [-0.05, 0) is 23.5 Å². The highest BCUT2D eigenvalue weighted by Crippen LogP contribution is 2.22. The molecule has 1 unspecified atom stereocenters. The smallest absolute Gasteiger partial charge is 0.303 e. The fraction of sp³-hybridized carbons (Fsp3) is 0.308. The topological polar surface area (TPSA) is 37.3 Å². The standard InChI is InChI=1S/C13H16O2/c1-10(9-13(14)15)8-11(2)12-6-4-3-5-7-12/h3-7,10H,2,8-9H2,1H3,(H,14,15). The van der Waals surface area contributed by atoms with E-state index in [1.165, 1.54) is 0 Å². The van der Waals surface area contributed by atoms with E-state index in [1.807, 2.05) is 37.3 Å². The summed E-state index contributed by atoms with van der Waals surface area (Å²) < 4.78 is 0. The van der Waals surface area contributed by atoms with Crippen molar-refractivity contribution in [1.29, 1.82) is 0 Å². The fourth-order valence-corrected chi connectivity index (χ4v) is 1.58. The molecule has 0 saturated heterocycles. The lowest BCUT2D eigenvalue weighted by Crippen LogP contribution is -2.04. The van der Waals surface area contributed by atoms with Gasteiger partial charge in [0.15, 0.2) is 0 Å². The number of carboxylic acid groups (broad SMARTS) is 1. The monoisotopic (exact) mass is 204 g/mol. The van der Waals surface area contributed by atoms with Crippen LogP contribution < -0.4 is 0 Å². The number of carbonyl (C=O) groups is 1. The first-order valence-corrected chi connectivity index (χ1v) is 5.04. The molecule has 0 heterocycles. The van der Waals surface area contributed by atoms with Gasteiger partial charge < -0.3 is 5.11 Å². The summed E-state index contributed by atoms with van der Waals surface area (Å²) in [5.41, 5.74) is 2.10. The lowest BCUT2D eigenvalue weighted by molar-refractivity contribution is -0.137. The second-order valence-electron chi connectivity index (χ2n) is 3.88. The van der Waals surface area contributed by atoms with Crippen LogP contribution >= 0.6 is 0 Å². The molecule has 0 aliphatic heterocycles. The Hall–Kier alpha value is -1.57. The van der Waals surface area contributed by atoms with Crippen molar-refractivity contribution >= 4 is 11.5 Å². The molecule has 0 saturated carbocycles. The zero-order chi connectivity index (χ0) is 11.3. The van der Waals surface area contributed by atoms with Crippen molar-refractivity contribution in [3.05, 3.63) is 42.5 Å². The van der Waals surface area contributed by atoms with Crippen molar-refractivity contribution in [3.63, 3.8) is 0 Å². The number of hydrogen-bond acceptors (Lipinski definition) is 1. The third-order valence-corrected chi connectivity index (χ3v) is 2.30. The van der Waals surface area contributed by atoms with Crippen LogP contribution in [0.25, 0.3) is 5.57 Å². The Morgan fingerprint density at radius 1 is 1.33 bits per heavy atom. The van der Waals surface area contributed by atoms with Crippen LogP contribution in [0.1, 0.15) is 25.3 Å². The Kier molecular flexibility index (Phi) is 4.10. The molecule has 2 nitrogen and oxygen atoms in total. The minimum atomic E-state index is -0.747. The Bertz CT molecular complexity index is 341. The molecule has 80 valence electrons. The number of allylic oxidation sites excluding steroid dienone is 1. The first-order valence-electron chi connectivity index (χ1n) is 5.04. The van der Waals surface area contributed by atoms with Crippen LogP contribution in [0.15, 0.2) is 36.9 Å². The molecular formula is C13H16O2. The largest absolute Gasteiger partial charge is 0.481 e. The minimum Gasteiger partial charge on any atom is -0.481 e. The van der Waals surface area contributed by atoms with E-state index < -0.39 is 5.97 Å². The number of carboxylic acids is 1. The number of aliphatic carboxylic acids is 1. The van der Waals surface area contributed by atoms with Gasteiger partial charge in [-0.2, -0.15) is 0 Å². The number of benzene rings is 1. The molecule has 0 radical (unpaired) electrons. The maximum absolute atomic E-state index is 10.5. The van der Waals surface area contributed by atoms with Crippen molar-refractivity contribution in [2.24, 2.45) is 5.92 Å². The summed E-state index contributed by atoms with van der Waals surface area (Å²) in [4.78, 5) is 10.5. The molecule has 0 spiro atoms. The molecule has 0 aromatic heterocycles. The Morgan fingerprint density at radius 2 is 1.93 bits per heavy atom. The van der Waals surface area contributed by atoms with Gasteiger partial charge >= 0.3 is 5.97 Å². The van der Waals surface area contributed by atoms with Crippen LogP contribution in [0.2, 0.25) is 0 Å². The van der Waals surface area contributed by atoms with E-state index in [-0.39, 0.29) is 12.3 Å². The van der Waals surface area contributed by atoms with Gasteiger partial charge in [-0.3, -0.25) is 4.79 Å².